The summed E-state index contributed by atoms with van der Waals surface area (Å²) in [6.07, 6.45) is 2.45. The average Bonchev–Trinajstić information content (AvgIpc) is 2.85. The minimum atomic E-state index is -0.400. The van der Waals surface area contributed by atoms with Gasteiger partial charge in [0.05, 0.1) is 19.8 Å². The largest absolute Gasteiger partial charge is 0.479 e. The van der Waals surface area contributed by atoms with Gasteiger partial charge in [0.1, 0.15) is 5.56 Å². The quantitative estimate of drug-likeness (QED) is 0.630. The number of aromatic nitrogens is 2. The fraction of sp³-hybridized carbons (Fsp3) is 0.643. The number of ether oxygens (including phenoxy) is 2. The fourth-order valence-electron chi connectivity index (χ4n) is 1.71. The van der Waals surface area contributed by atoms with Crippen LogP contribution in [0.5, 0.6) is 5.88 Å². The van der Waals surface area contributed by atoms with Gasteiger partial charge in [-0.25, -0.2) is 0 Å². The molecule has 0 atom stereocenters. The van der Waals surface area contributed by atoms with Crippen LogP contribution < -0.4 is 15.4 Å². The lowest BCUT2D eigenvalue weighted by Crippen LogP contribution is -2.37. The van der Waals surface area contributed by atoms with Crippen LogP contribution >= 0.6 is 0 Å². The van der Waals surface area contributed by atoms with Gasteiger partial charge in [-0.2, -0.15) is 0 Å². The van der Waals surface area contributed by atoms with Crippen molar-refractivity contribution in [3.8, 4) is 5.88 Å². The highest BCUT2D eigenvalue weighted by Crippen LogP contribution is 2.13. The Labute approximate surface area is 130 Å². The molecule has 1 rings (SSSR count). The van der Waals surface area contributed by atoms with E-state index in [9.17, 15) is 9.59 Å². The third-order valence-corrected chi connectivity index (χ3v) is 2.74. The zero-order chi connectivity index (χ0) is 16.5. The van der Waals surface area contributed by atoms with Crippen LogP contribution in [0.4, 0.5) is 0 Å². The number of amides is 2. The fourth-order valence-corrected chi connectivity index (χ4v) is 1.71. The molecule has 8 heteroatoms. The number of aryl methyl sites for hydroxylation is 1. The lowest BCUT2D eigenvalue weighted by atomic mass is 10.3. The van der Waals surface area contributed by atoms with Crippen LogP contribution in [0.25, 0.3) is 0 Å². The lowest BCUT2D eigenvalue weighted by molar-refractivity contribution is -0.120. The van der Waals surface area contributed by atoms with Gasteiger partial charge in [0.15, 0.2) is 0 Å². The smallest absolute Gasteiger partial charge is 0.258 e. The molecule has 0 fully saturated rings. The van der Waals surface area contributed by atoms with Gasteiger partial charge in [0.25, 0.3) is 5.91 Å². The number of carbonyl (C=O) groups excluding carboxylic acids is 2. The number of hydrogen-bond acceptors (Lipinski definition) is 5. The van der Waals surface area contributed by atoms with Crippen molar-refractivity contribution in [2.45, 2.75) is 26.4 Å². The maximum absolute atomic E-state index is 11.9. The lowest BCUT2D eigenvalue weighted by Gasteiger charge is -2.08. The molecule has 0 aliphatic rings. The Bertz CT molecular complexity index is 499. The van der Waals surface area contributed by atoms with Crippen molar-refractivity contribution in [1.82, 2.24) is 20.4 Å². The number of nitrogens with one attached hydrogen (secondary N) is 2. The molecule has 0 spiro atoms. The molecule has 0 radical (unpaired) electrons. The maximum atomic E-state index is 11.9. The monoisotopic (exact) mass is 312 g/mol. The number of rotatable bonds is 9. The SMILES string of the molecule is COc1nn(C)cc1C(=O)NCC(=O)NCCCOC(C)C. The predicted molar refractivity (Wildman–Crippen MR) is 80.8 cm³/mol. The first-order valence-corrected chi connectivity index (χ1v) is 7.18. The van der Waals surface area contributed by atoms with Gasteiger partial charge in [-0.3, -0.25) is 14.3 Å². The Hall–Kier alpha value is -2.09. The van der Waals surface area contributed by atoms with E-state index in [1.54, 1.807) is 7.05 Å². The molecule has 2 amide bonds. The van der Waals surface area contributed by atoms with Gasteiger partial charge >= 0.3 is 0 Å². The summed E-state index contributed by atoms with van der Waals surface area (Å²) in [7, 11) is 3.12. The average molecular weight is 312 g/mol. The summed E-state index contributed by atoms with van der Waals surface area (Å²) < 4.78 is 11.8. The van der Waals surface area contributed by atoms with Crippen molar-refractivity contribution >= 4 is 11.8 Å². The third-order valence-electron chi connectivity index (χ3n) is 2.74. The molecule has 124 valence electrons. The van der Waals surface area contributed by atoms with Crippen LogP contribution in [0.1, 0.15) is 30.6 Å². The van der Waals surface area contributed by atoms with Crippen molar-refractivity contribution in [3.05, 3.63) is 11.8 Å². The number of carbonyl (C=O) groups is 2. The van der Waals surface area contributed by atoms with E-state index in [1.807, 2.05) is 13.8 Å². The highest BCUT2D eigenvalue weighted by atomic mass is 16.5. The van der Waals surface area contributed by atoms with Crippen LogP contribution in [-0.4, -0.2) is 54.5 Å². The summed E-state index contributed by atoms with van der Waals surface area (Å²) in [6.45, 7) is 4.93. The van der Waals surface area contributed by atoms with Crippen molar-refractivity contribution in [2.24, 2.45) is 7.05 Å². The molecule has 22 heavy (non-hydrogen) atoms. The molecule has 0 aromatic carbocycles. The van der Waals surface area contributed by atoms with Gasteiger partial charge in [-0.05, 0) is 20.3 Å². The summed E-state index contributed by atoms with van der Waals surface area (Å²) in [6, 6.07) is 0. The first-order chi connectivity index (χ1) is 10.4. The van der Waals surface area contributed by atoms with E-state index in [4.69, 9.17) is 9.47 Å². The first-order valence-electron chi connectivity index (χ1n) is 7.18. The van der Waals surface area contributed by atoms with Crippen LogP contribution in [0.3, 0.4) is 0 Å². The minimum absolute atomic E-state index is 0.0953. The van der Waals surface area contributed by atoms with E-state index in [0.29, 0.717) is 18.7 Å². The summed E-state index contributed by atoms with van der Waals surface area (Å²) >= 11 is 0. The Kier molecular flexibility index (Phi) is 7.38. The van der Waals surface area contributed by atoms with Gasteiger partial charge in [0.2, 0.25) is 11.8 Å². The van der Waals surface area contributed by atoms with Crippen molar-refractivity contribution in [3.63, 3.8) is 0 Å². The van der Waals surface area contributed by atoms with E-state index in [1.165, 1.54) is 18.0 Å². The molecule has 1 aromatic heterocycles. The molecule has 1 heterocycles. The highest BCUT2D eigenvalue weighted by Gasteiger charge is 2.16. The zero-order valence-electron chi connectivity index (χ0n) is 13.5. The van der Waals surface area contributed by atoms with Crippen molar-refractivity contribution in [2.75, 3.05) is 26.8 Å². The van der Waals surface area contributed by atoms with E-state index < -0.39 is 5.91 Å². The van der Waals surface area contributed by atoms with Gasteiger partial charge in [-0.1, -0.05) is 0 Å². The van der Waals surface area contributed by atoms with E-state index in [2.05, 4.69) is 15.7 Å². The van der Waals surface area contributed by atoms with Crippen molar-refractivity contribution in [1.29, 1.82) is 0 Å². The predicted octanol–water partition coefficient (Wildman–Crippen LogP) is 0.0898. The van der Waals surface area contributed by atoms with Crippen LogP contribution in [0, 0.1) is 0 Å². The summed E-state index contributed by atoms with van der Waals surface area (Å²) in [4.78, 5) is 23.6. The Morgan fingerprint density at radius 3 is 2.73 bits per heavy atom. The van der Waals surface area contributed by atoms with E-state index in [0.717, 1.165) is 6.42 Å². The van der Waals surface area contributed by atoms with Gasteiger partial charge < -0.3 is 20.1 Å². The van der Waals surface area contributed by atoms with Crippen molar-refractivity contribution < 1.29 is 19.1 Å². The van der Waals surface area contributed by atoms with E-state index in [-0.39, 0.29) is 24.4 Å². The molecular weight excluding hydrogens is 288 g/mol. The van der Waals surface area contributed by atoms with E-state index >= 15 is 0 Å². The molecule has 8 nitrogen and oxygen atoms in total. The Morgan fingerprint density at radius 1 is 1.36 bits per heavy atom. The summed E-state index contributed by atoms with van der Waals surface area (Å²) in [5.74, 6) is -0.421. The third kappa shape index (κ3) is 6.13. The number of methoxy groups -OCH3 is 1. The minimum Gasteiger partial charge on any atom is -0.479 e. The zero-order valence-corrected chi connectivity index (χ0v) is 13.5. The van der Waals surface area contributed by atoms with Crippen LogP contribution in [0.15, 0.2) is 6.20 Å². The number of hydrogen-bond donors (Lipinski definition) is 2. The second-order valence-corrected chi connectivity index (χ2v) is 5.03. The number of nitrogens with zero attached hydrogens (tertiary/aromatic N) is 2. The second-order valence-electron chi connectivity index (χ2n) is 5.03. The molecular formula is C14H24N4O4. The molecule has 0 saturated heterocycles. The summed E-state index contributed by atoms with van der Waals surface area (Å²) in [5, 5.41) is 9.22. The molecule has 0 aliphatic carbocycles. The Balaban J connectivity index is 2.27. The topological polar surface area (TPSA) is 94.5 Å². The van der Waals surface area contributed by atoms with Crippen LogP contribution in [-0.2, 0) is 16.6 Å². The molecule has 1 aromatic rings. The summed E-state index contributed by atoms with van der Waals surface area (Å²) in [5.41, 5.74) is 0.295. The first kappa shape index (κ1) is 18.0. The molecule has 0 bridgehead atoms. The maximum Gasteiger partial charge on any atom is 0.258 e. The standard InChI is InChI=1S/C14H24N4O4/c1-10(2)22-7-5-6-15-12(19)8-16-13(20)11-9-18(3)17-14(11)21-4/h9-10H,5-8H2,1-4H3,(H,15,19)(H,16,20). The Morgan fingerprint density at radius 2 is 2.09 bits per heavy atom. The molecule has 2 N–H and O–H groups in total. The molecule has 0 saturated carbocycles. The van der Waals surface area contributed by atoms with Gasteiger partial charge in [-0.15, -0.1) is 5.10 Å². The van der Waals surface area contributed by atoms with Crippen LogP contribution in [0.2, 0.25) is 0 Å². The molecule has 0 aliphatic heterocycles. The molecule has 0 unspecified atom stereocenters. The second kappa shape index (κ2) is 9.04. The van der Waals surface area contributed by atoms with Gasteiger partial charge in [0, 0.05) is 26.4 Å². The highest BCUT2D eigenvalue weighted by molar-refractivity contribution is 5.98. The normalized spacial score (nSPS) is 10.6.